The van der Waals surface area contributed by atoms with Crippen LogP contribution >= 0.6 is 0 Å². The minimum atomic E-state index is -4.54. The highest BCUT2D eigenvalue weighted by Gasteiger charge is 2.41. The molecule has 2 fully saturated rings. The number of amides is 2. The molecule has 2 heterocycles. The summed E-state index contributed by atoms with van der Waals surface area (Å²) in [6.45, 7) is 1.35. The van der Waals surface area contributed by atoms with Gasteiger partial charge < -0.3 is 9.80 Å². The van der Waals surface area contributed by atoms with Crippen LogP contribution in [0.2, 0.25) is 0 Å². The van der Waals surface area contributed by atoms with Gasteiger partial charge in [-0.05, 0) is 25.0 Å². The Balaban J connectivity index is 1.78. The van der Waals surface area contributed by atoms with Gasteiger partial charge in [-0.2, -0.15) is 13.2 Å². The molecule has 0 aromatic heterocycles. The predicted molar refractivity (Wildman–Crippen MR) is 87.0 cm³/mol. The average molecular weight is 354 g/mol. The summed E-state index contributed by atoms with van der Waals surface area (Å²) < 4.78 is 39.6. The third-order valence-electron chi connectivity index (χ3n) is 4.89. The highest BCUT2D eigenvalue weighted by atomic mass is 19.4. The van der Waals surface area contributed by atoms with Crippen LogP contribution in [0.4, 0.5) is 18.9 Å². The number of benzene rings is 1. The number of carbonyl (C=O) groups is 2. The van der Waals surface area contributed by atoms with E-state index in [9.17, 15) is 22.8 Å². The van der Waals surface area contributed by atoms with Gasteiger partial charge in [0.15, 0.2) is 0 Å². The lowest BCUT2D eigenvalue weighted by molar-refractivity contribution is -0.137. The Kier molecular flexibility index (Phi) is 5.01. The molecule has 7 heteroatoms. The first-order valence-electron chi connectivity index (χ1n) is 8.63. The van der Waals surface area contributed by atoms with Crippen molar-refractivity contribution < 1.29 is 22.8 Å². The van der Waals surface area contributed by atoms with Gasteiger partial charge in [0.2, 0.25) is 11.8 Å². The van der Waals surface area contributed by atoms with Gasteiger partial charge in [-0.3, -0.25) is 9.59 Å². The van der Waals surface area contributed by atoms with Gasteiger partial charge in [0.1, 0.15) is 0 Å². The molecule has 1 atom stereocenters. The third kappa shape index (κ3) is 3.80. The summed E-state index contributed by atoms with van der Waals surface area (Å²) in [5.41, 5.74) is -1.00. The second kappa shape index (κ2) is 7.06. The van der Waals surface area contributed by atoms with Crippen LogP contribution in [0.15, 0.2) is 24.3 Å². The molecule has 0 N–H and O–H groups in total. The molecular formula is C18H21F3N2O2. The molecule has 0 aliphatic carbocycles. The number of hydrogen-bond acceptors (Lipinski definition) is 2. The van der Waals surface area contributed by atoms with E-state index in [4.69, 9.17) is 0 Å². The molecule has 4 nitrogen and oxygen atoms in total. The van der Waals surface area contributed by atoms with Crippen LogP contribution < -0.4 is 4.90 Å². The number of alkyl halides is 3. The number of hydrogen-bond donors (Lipinski definition) is 0. The van der Waals surface area contributed by atoms with Crippen molar-refractivity contribution in [1.29, 1.82) is 0 Å². The number of carbonyl (C=O) groups excluding carboxylic acids is 2. The van der Waals surface area contributed by atoms with Gasteiger partial charge in [0.05, 0.1) is 17.2 Å². The first-order chi connectivity index (χ1) is 11.9. The number of halogens is 3. The highest BCUT2D eigenvalue weighted by molar-refractivity contribution is 6.00. The van der Waals surface area contributed by atoms with Crippen molar-refractivity contribution in [3.05, 3.63) is 29.8 Å². The molecule has 1 unspecified atom stereocenters. The molecular weight excluding hydrogens is 333 g/mol. The molecule has 2 aliphatic rings. The van der Waals surface area contributed by atoms with E-state index < -0.39 is 23.6 Å². The van der Waals surface area contributed by atoms with E-state index in [0.29, 0.717) is 13.1 Å². The van der Waals surface area contributed by atoms with Gasteiger partial charge in [-0.25, -0.2) is 0 Å². The molecule has 0 saturated carbocycles. The molecule has 3 rings (SSSR count). The number of nitrogens with zero attached hydrogens (tertiary/aromatic N) is 2. The topological polar surface area (TPSA) is 40.6 Å². The standard InChI is InChI=1S/C18H21F3N2O2/c19-18(20,21)14-7-3-4-8-15(14)23-12-13(11-16(23)24)17(25)22-9-5-1-2-6-10-22/h3-4,7-8,13H,1-2,5-6,9-12H2. The molecule has 2 amide bonds. The van der Waals surface area contributed by atoms with E-state index in [1.54, 1.807) is 4.90 Å². The van der Waals surface area contributed by atoms with Crippen molar-refractivity contribution in [1.82, 2.24) is 4.90 Å². The molecule has 2 saturated heterocycles. The molecule has 0 spiro atoms. The molecule has 1 aromatic rings. The van der Waals surface area contributed by atoms with E-state index in [1.165, 1.54) is 18.2 Å². The van der Waals surface area contributed by atoms with Crippen molar-refractivity contribution in [3.8, 4) is 0 Å². The summed E-state index contributed by atoms with van der Waals surface area (Å²) in [5.74, 6) is -1.10. The monoisotopic (exact) mass is 354 g/mol. The minimum absolute atomic E-state index is 0.0151. The van der Waals surface area contributed by atoms with Crippen molar-refractivity contribution in [3.63, 3.8) is 0 Å². The van der Waals surface area contributed by atoms with Crippen LogP contribution in [0, 0.1) is 5.92 Å². The van der Waals surface area contributed by atoms with Gasteiger partial charge in [0.25, 0.3) is 0 Å². The highest BCUT2D eigenvalue weighted by Crippen LogP contribution is 2.38. The van der Waals surface area contributed by atoms with E-state index >= 15 is 0 Å². The Morgan fingerprint density at radius 3 is 2.32 bits per heavy atom. The minimum Gasteiger partial charge on any atom is -0.342 e. The first-order valence-corrected chi connectivity index (χ1v) is 8.63. The summed E-state index contributed by atoms with van der Waals surface area (Å²) in [6, 6.07) is 5.03. The Bertz CT molecular complexity index is 652. The largest absolute Gasteiger partial charge is 0.418 e. The zero-order valence-electron chi connectivity index (χ0n) is 13.9. The van der Waals surface area contributed by atoms with Crippen molar-refractivity contribution in [2.24, 2.45) is 5.92 Å². The van der Waals surface area contributed by atoms with Crippen molar-refractivity contribution >= 4 is 17.5 Å². The van der Waals surface area contributed by atoms with Gasteiger partial charge >= 0.3 is 6.18 Å². The molecule has 1 aromatic carbocycles. The fraction of sp³-hybridized carbons (Fsp3) is 0.556. The van der Waals surface area contributed by atoms with E-state index in [1.807, 2.05) is 0 Å². The molecule has 25 heavy (non-hydrogen) atoms. The first kappa shape index (κ1) is 17.8. The van der Waals surface area contributed by atoms with Crippen LogP contribution in [-0.2, 0) is 15.8 Å². The Hall–Kier alpha value is -2.05. The molecule has 0 radical (unpaired) electrons. The number of para-hydroxylation sites is 1. The van der Waals surface area contributed by atoms with Crippen molar-refractivity contribution in [2.75, 3.05) is 24.5 Å². The second-order valence-corrected chi connectivity index (χ2v) is 6.66. The smallest absolute Gasteiger partial charge is 0.342 e. The fourth-order valence-corrected chi connectivity index (χ4v) is 3.60. The van der Waals surface area contributed by atoms with Gasteiger partial charge in [0, 0.05) is 26.1 Å². The van der Waals surface area contributed by atoms with Crippen LogP contribution in [0.5, 0.6) is 0 Å². The quantitative estimate of drug-likeness (QED) is 0.816. The maximum absolute atomic E-state index is 13.2. The van der Waals surface area contributed by atoms with Crippen LogP contribution in [0.3, 0.4) is 0 Å². The summed E-state index contributed by atoms with van der Waals surface area (Å²) >= 11 is 0. The maximum Gasteiger partial charge on any atom is 0.418 e. The van der Waals surface area contributed by atoms with E-state index in [-0.39, 0.29) is 24.6 Å². The number of anilines is 1. The summed E-state index contributed by atoms with van der Waals surface area (Å²) in [4.78, 5) is 27.9. The zero-order valence-corrected chi connectivity index (χ0v) is 13.9. The lowest BCUT2D eigenvalue weighted by Gasteiger charge is -2.24. The summed E-state index contributed by atoms with van der Waals surface area (Å²) in [6.07, 6.45) is -0.526. The maximum atomic E-state index is 13.2. The SMILES string of the molecule is O=C(C1CC(=O)N(c2ccccc2C(F)(F)F)C1)N1CCCCCC1. The summed E-state index contributed by atoms with van der Waals surface area (Å²) in [5, 5.41) is 0. The molecule has 2 aliphatic heterocycles. The van der Waals surface area contributed by atoms with Gasteiger partial charge in [-0.1, -0.05) is 25.0 Å². The van der Waals surface area contributed by atoms with Crippen LogP contribution in [0.1, 0.15) is 37.7 Å². The van der Waals surface area contributed by atoms with Gasteiger partial charge in [-0.15, -0.1) is 0 Å². The van der Waals surface area contributed by atoms with Crippen LogP contribution in [-0.4, -0.2) is 36.3 Å². The Labute approximate surface area is 144 Å². The van der Waals surface area contributed by atoms with E-state index in [0.717, 1.165) is 36.6 Å². The zero-order chi connectivity index (χ0) is 18.0. The van der Waals surface area contributed by atoms with Crippen molar-refractivity contribution in [2.45, 2.75) is 38.3 Å². The second-order valence-electron chi connectivity index (χ2n) is 6.66. The lowest BCUT2D eigenvalue weighted by atomic mass is 10.1. The normalized spacial score (nSPS) is 22.2. The fourth-order valence-electron chi connectivity index (χ4n) is 3.60. The predicted octanol–water partition coefficient (Wildman–Crippen LogP) is 3.46. The van der Waals surface area contributed by atoms with Crippen LogP contribution in [0.25, 0.3) is 0 Å². The third-order valence-corrected chi connectivity index (χ3v) is 4.89. The molecule has 0 bridgehead atoms. The lowest BCUT2D eigenvalue weighted by Crippen LogP contribution is -2.38. The summed E-state index contributed by atoms with van der Waals surface area (Å²) in [7, 11) is 0. The van der Waals surface area contributed by atoms with E-state index in [2.05, 4.69) is 0 Å². The number of likely N-dealkylation sites (tertiary alicyclic amines) is 1. The Morgan fingerprint density at radius 1 is 1.04 bits per heavy atom. The Morgan fingerprint density at radius 2 is 1.68 bits per heavy atom. The molecule has 136 valence electrons. The number of rotatable bonds is 2. The average Bonchev–Trinajstić information content (AvgIpc) is 2.79.